The Morgan fingerprint density at radius 3 is 2.70 bits per heavy atom. The third-order valence-corrected chi connectivity index (χ3v) is 5.85. The van der Waals surface area contributed by atoms with Gasteiger partial charge in [0.1, 0.15) is 6.04 Å². The lowest BCUT2D eigenvalue weighted by molar-refractivity contribution is -0.136. The fourth-order valence-corrected chi connectivity index (χ4v) is 4.26. The Morgan fingerprint density at radius 2 is 1.90 bits per heavy atom. The van der Waals surface area contributed by atoms with Crippen molar-refractivity contribution < 1.29 is 19.2 Å². The second-order valence-corrected chi connectivity index (χ2v) is 7.95. The molecule has 7 nitrogen and oxygen atoms in total. The molecule has 5 rings (SSSR count). The lowest BCUT2D eigenvalue weighted by atomic mass is 10.0. The number of amides is 3. The molecule has 0 saturated carbocycles. The minimum Gasteiger partial charge on any atom is -0.352 e. The van der Waals surface area contributed by atoms with Gasteiger partial charge in [-0.2, -0.15) is 0 Å². The van der Waals surface area contributed by atoms with Crippen LogP contribution in [-0.2, 0) is 16.1 Å². The largest absolute Gasteiger partial charge is 0.352 e. The zero-order chi connectivity index (χ0) is 21.0. The molecule has 2 aromatic carbocycles. The Labute approximate surface area is 176 Å². The summed E-state index contributed by atoms with van der Waals surface area (Å²) in [6.45, 7) is 0.226. The Morgan fingerprint density at radius 1 is 1.07 bits per heavy atom. The summed E-state index contributed by atoms with van der Waals surface area (Å²) in [5, 5.41) is 3.74. The summed E-state index contributed by atoms with van der Waals surface area (Å²) >= 11 is 6.01. The number of hydrogen-bond acceptors (Lipinski definition) is 4. The highest BCUT2D eigenvalue weighted by Gasteiger charge is 2.39. The summed E-state index contributed by atoms with van der Waals surface area (Å²) in [5.74, 6) is -1.25. The molecule has 2 aliphatic heterocycles. The highest BCUT2D eigenvalue weighted by Crippen LogP contribution is 2.29. The van der Waals surface area contributed by atoms with Gasteiger partial charge in [-0.05, 0) is 42.3 Å². The molecule has 0 aliphatic carbocycles. The van der Waals surface area contributed by atoms with Crippen molar-refractivity contribution >= 4 is 46.0 Å². The number of rotatable bonds is 3. The maximum Gasteiger partial charge on any atom is 0.255 e. The number of nitrogens with zero attached hydrogens (tertiary/aromatic N) is 1. The molecule has 150 valence electrons. The number of aromatic nitrogens is 1. The number of carbonyl (C=O) groups excluding carboxylic acids is 4. The first-order valence-electron chi connectivity index (χ1n) is 9.51. The van der Waals surface area contributed by atoms with E-state index in [0.29, 0.717) is 33.8 Å². The maximum atomic E-state index is 13.0. The van der Waals surface area contributed by atoms with Gasteiger partial charge in [0, 0.05) is 40.0 Å². The van der Waals surface area contributed by atoms with Crippen molar-refractivity contribution in [3.8, 4) is 0 Å². The van der Waals surface area contributed by atoms with Crippen molar-refractivity contribution in [1.29, 1.82) is 0 Å². The molecule has 0 bridgehead atoms. The average Bonchev–Trinajstić information content (AvgIpc) is 3.28. The van der Waals surface area contributed by atoms with Gasteiger partial charge in [0.05, 0.1) is 5.69 Å². The number of hydrogen-bond donors (Lipinski definition) is 2. The van der Waals surface area contributed by atoms with Gasteiger partial charge in [-0.15, -0.1) is 0 Å². The number of aromatic amines is 1. The van der Waals surface area contributed by atoms with E-state index in [9.17, 15) is 19.2 Å². The van der Waals surface area contributed by atoms with E-state index in [1.54, 1.807) is 36.4 Å². The van der Waals surface area contributed by atoms with E-state index in [-0.39, 0.29) is 30.6 Å². The van der Waals surface area contributed by atoms with Gasteiger partial charge in [-0.3, -0.25) is 24.5 Å². The number of benzene rings is 2. The highest BCUT2D eigenvalue weighted by atomic mass is 35.5. The number of halogens is 1. The van der Waals surface area contributed by atoms with Gasteiger partial charge in [-0.1, -0.05) is 23.7 Å². The van der Waals surface area contributed by atoms with Gasteiger partial charge in [-0.25, -0.2) is 0 Å². The number of H-pyrrole nitrogens is 1. The summed E-state index contributed by atoms with van der Waals surface area (Å²) in [7, 11) is 0. The third-order valence-electron chi connectivity index (χ3n) is 5.61. The fourth-order valence-electron chi connectivity index (χ4n) is 4.09. The zero-order valence-electron chi connectivity index (χ0n) is 15.7. The number of ketones is 1. The number of piperidine rings is 1. The van der Waals surface area contributed by atoms with Crippen LogP contribution >= 0.6 is 11.6 Å². The molecule has 30 heavy (non-hydrogen) atoms. The van der Waals surface area contributed by atoms with Crippen molar-refractivity contribution in [2.24, 2.45) is 0 Å². The molecule has 2 aliphatic rings. The average molecular weight is 422 g/mol. The van der Waals surface area contributed by atoms with E-state index in [1.165, 1.54) is 4.90 Å². The standard InChI is InChI=1S/C22H16ClN3O4/c23-14-3-1-11-8-17(24-16(11)9-14)20(28)12-2-4-15-13(7-12)10-26(22(15)30)18-5-6-19(27)25-21(18)29/h1-4,7-9,18,24H,5-6,10H2,(H,25,27,29). The normalized spacial score (nSPS) is 18.6. The van der Waals surface area contributed by atoms with Crippen LogP contribution in [0.4, 0.5) is 0 Å². The molecule has 3 heterocycles. The second kappa shape index (κ2) is 6.81. The quantitative estimate of drug-likeness (QED) is 0.501. The Hall–Kier alpha value is -3.45. The highest BCUT2D eigenvalue weighted by molar-refractivity contribution is 6.31. The van der Waals surface area contributed by atoms with E-state index >= 15 is 0 Å². The summed E-state index contributed by atoms with van der Waals surface area (Å²) in [6.07, 6.45) is 0.498. The van der Waals surface area contributed by atoms with Crippen LogP contribution in [0, 0.1) is 0 Å². The van der Waals surface area contributed by atoms with E-state index in [0.717, 1.165) is 10.9 Å². The van der Waals surface area contributed by atoms with Crippen LogP contribution < -0.4 is 5.32 Å². The number of nitrogens with one attached hydrogen (secondary N) is 2. The van der Waals surface area contributed by atoms with Crippen molar-refractivity contribution in [2.45, 2.75) is 25.4 Å². The summed E-state index contributed by atoms with van der Waals surface area (Å²) in [4.78, 5) is 53.9. The van der Waals surface area contributed by atoms with Crippen LogP contribution in [0.25, 0.3) is 10.9 Å². The van der Waals surface area contributed by atoms with Crippen molar-refractivity contribution in [1.82, 2.24) is 15.2 Å². The van der Waals surface area contributed by atoms with Crippen LogP contribution in [-0.4, -0.2) is 39.4 Å². The Bertz CT molecular complexity index is 1260. The molecule has 0 spiro atoms. The van der Waals surface area contributed by atoms with E-state index < -0.39 is 11.9 Å². The van der Waals surface area contributed by atoms with E-state index in [1.807, 2.05) is 6.07 Å². The monoisotopic (exact) mass is 421 g/mol. The van der Waals surface area contributed by atoms with E-state index in [2.05, 4.69) is 10.3 Å². The summed E-state index contributed by atoms with van der Waals surface area (Å²) in [6, 6.07) is 11.4. The van der Waals surface area contributed by atoms with Gasteiger partial charge >= 0.3 is 0 Å². The number of imide groups is 1. The van der Waals surface area contributed by atoms with Crippen molar-refractivity contribution in [3.63, 3.8) is 0 Å². The van der Waals surface area contributed by atoms with Crippen LogP contribution in [0.5, 0.6) is 0 Å². The van der Waals surface area contributed by atoms with Crippen LogP contribution in [0.1, 0.15) is 44.8 Å². The second-order valence-electron chi connectivity index (χ2n) is 7.52. The minimum absolute atomic E-state index is 0.197. The van der Waals surface area contributed by atoms with Crippen molar-refractivity contribution in [2.75, 3.05) is 0 Å². The van der Waals surface area contributed by atoms with E-state index in [4.69, 9.17) is 11.6 Å². The first-order valence-corrected chi connectivity index (χ1v) is 9.89. The molecule has 0 radical (unpaired) electrons. The van der Waals surface area contributed by atoms with Gasteiger partial charge in [0.2, 0.25) is 17.6 Å². The Kier molecular flexibility index (Phi) is 4.22. The molecule has 8 heteroatoms. The molecule has 2 N–H and O–H groups in total. The van der Waals surface area contributed by atoms with Gasteiger partial charge in [0.25, 0.3) is 5.91 Å². The van der Waals surface area contributed by atoms with Gasteiger partial charge in [0.15, 0.2) is 0 Å². The number of carbonyl (C=O) groups is 4. The predicted octanol–water partition coefficient (Wildman–Crippen LogP) is 2.81. The SMILES string of the molecule is O=C1CCC(N2Cc3cc(C(=O)c4cc5ccc(Cl)cc5[nH]4)ccc3C2=O)C(=O)N1. The topological polar surface area (TPSA) is 99.3 Å². The molecule has 1 unspecified atom stereocenters. The fraction of sp³-hybridized carbons (Fsp3) is 0.182. The first-order chi connectivity index (χ1) is 14.4. The molecule has 3 amide bonds. The zero-order valence-corrected chi connectivity index (χ0v) is 16.5. The van der Waals surface area contributed by atoms with Gasteiger partial charge < -0.3 is 9.88 Å². The Balaban J connectivity index is 1.42. The smallest absolute Gasteiger partial charge is 0.255 e. The number of fused-ring (bicyclic) bond motifs is 2. The maximum absolute atomic E-state index is 13.0. The first kappa shape index (κ1) is 18.6. The molecular weight excluding hydrogens is 406 g/mol. The molecule has 1 aromatic heterocycles. The molecule has 1 saturated heterocycles. The lowest BCUT2D eigenvalue weighted by Gasteiger charge is -2.29. The summed E-state index contributed by atoms with van der Waals surface area (Å²) < 4.78 is 0. The van der Waals surface area contributed by atoms with Crippen molar-refractivity contribution in [3.05, 3.63) is 69.9 Å². The third kappa shape index (κ3) is 2.98. The molecular formula is C22H16ClN3O4. The van der Waals surface area contributed by atoms with Crippen LogP contribution in [0.15, 0.2) is 42.5 Å². The molecule has 3 aromatic rings. The molecule has 1 atom stereocenters. The lowest BCUT2D eigenvalue weighted by Crippen LogP contribution is -2.52. The summed E-state index contributed by atoms with van der Waals surface area (Å²) in [5.41, 5.74) is 2.81. The van der Waals surface area contributed by atoms with Crippen LogP contribution in [0.2, 0.25) is 5.02 Å². The predicted molar refractivity (Wildman–Crippen MR) is 109 cm³/mol. The minimum atomic E-state index is -0.680. The van der Waals surface area contributed by atoms with Crippen LogP contribution in [0.3, 0.4) is 0 Å². The molecule has 1 fully saturated rings.